The molecule has 0 amide bonds. The Hall–Kier alpha value is 1.06. The molecule has 0 saturated carbocycles. The van der Waals surface area contributed by atoms with Crippen molar-refractivity contribution in [2.75, 3.05) is 0 Å². The molecule has 0 aromatic carbocycles. The van der Waals surface area contributed by atoms with Crippen LogP contribution >= 0.6 is 15.9 Å². The molecule has 0 unspecified atom stereocenters. The first-order valence-electron chi connectivity index (χ1n) is 1.10. The van der Waals surface area contributed by atoms with E-state index in [4.69, 9.17) is 13.2 Å². The SMILES string of the molecule is [CH-]=CC(=[CH-])Br.[Y]. The molecule has 0 heterocycles. The van der Waals surface area contributed by atoms with Crippen LogP contribution < -0.4 is 0 Å². The molecule has 2 heteroatoms. The van der Waals surface area contributed by atoms with E-state index in [0.29, 0.717) is 4.48 Å². The van der Waals surface area contributed by atoms with Gasteiger partial charge in [0.15, 0.2) is 0 Å². The molecule has 0 aliphatic heterocycles. The zero-order valence-corrected chi connectivity index (χ0v) is 7.61. The second kappa shape index (κ2) is 6.06. The Morgan fingerprint density at radius 1 is 1.67 bits per heavy atom. The third kappa shape index (κ3) is 8.91. The maximum absolute atomic E-state index is 4.94. The molecule has 0 aromatic heterocycles. The van der Waals surface area contributed by atoms with Gasteiger partial charge in [-0.3, -0.25) is 0 Å². The number of hydrogen-bond acceptors (Lipinski definition) is 0. The van der Waals surface area contributed by atoms with E-state index in [1.54, 1.807) is 0 Å². The molecule has 1 radical (unpaired) electrons. The van der Waals surface area contributed by atoms with Gasteiger partial charge in [-0.05, 0) is 0 Å². The summed E-state index contributed by atoms with van der Waals surface area (Å²) in [5, 5.41) is 0. The van der Waals surface area contributed by atoms with E-state index in [9.17, 15) is 0 Å². The zero-order chi connectivity index (χ0) is 4.28. The minimum Gasteiger partial charge on any atom is -0.393 e. The molecule has 31 valence electrons. The van der Waals surface area contributed by atoms with E-state index >= 15 is 0 Å². The molecule has 0 spiro atoms. The third-order valence-corrected chi connectivity index (χ3v) is 0.424. The number of hydrogen-bond donors (Lipinski definition) is 0. The van der Waals surface area contributed by atoms with Crippen molar-refractivity contribution >= 4 is 15.9 Å². The first-order valence-corrected chi connectivity index (χ1v) is 1.89. The summed E-state index contributed by atoms with van der Waals surface area (Å²) in [4.78, 5) is 0. The molecule has 0 bridgehead atoms. The van der Waals surface area contributed by atoms with Crippen LogP contribution in [-0.2, 0) is 32.7 Å². The van der Waals surface area contributed by atoms with Gasteiger partial charge >= 0.3 is 0 Å². The Bertz CT molecular complexity index is 58.6. The van der Waals surface area contributed by atoms with Crippen LogP contribution in [0.1, 0.15) is 0 Å². The molecule has 6 heavy (non-hydrogen) atoms. The number of halogens is 1. The molecule has 0 N–H and O–H groups in total. The van der Waals surface area contributed by atoms with E-state index < -0.39 is 0 Å². The van der Waals surface area contributed by atoms with Crippen molar-refractivity contribution in [2.24, 2.45) is 0 Å². The monoisotopic (exact) mass is 219 g/mol. The maximum Gasteiger partial charge on any atom is 0 e. The minimum atomic E-state index is 0. The summed E-state index contributed by atoms with van der Waals surface area (Å²) in [5.41, 5.74) is 0. The fourth-order valence-electron chi connectivity index (χ4n) is 0. The molecule has 0 atom stereocenters. The van der Waals surface area contributed by atoms with Crippen molar-refractivity contribution in [1.82, 2.24) is 0 Å². The second-order valence-electron chi connectivity index (χ2n) is 0.552. The minimum absolute atomic E-state index is 0. The largest absolute Gasteiger partial charge is 0.393 e. The summed E-state index contributed by atoms with van der Waals surface area (Å²) in [6, 6.07) is 0. The third-order valence-electron chi connectivity index (χ3n) is 0.159. The Kier molecular flexibility index (Phi) is 10.2. The molecule has 0 nitrogen and oxygen atoms in total. The molecular weight excluding hydrogens is 217 g/mol. The summed E-state index contributed by atoms with van der Waals surface area (Å²) >= 11 is 2.89. The smallest absolute Gasteiger partial charge is 0 e. The summed E-state index contributed by atoms with van der Waals surface area (Å²) in [5.74, 6) is 0. The average Bonchev–Trinajstić information content (AvgIpc) is 1.38. The normalized spacial score (nSPS) is 5.50. The van der Waals surface area contributed by atoms with Gasteiger partial charge in [-0.25, -0.2) is 15.9 Å². The first kappa shape index (κ1) is 10.1. The van der Waals surface area contributed by atoms with E-state index in [-0.39, 0.29) is 32.7 Å². The van der Waals surface area contributed by atoms with Gasteiger partial charge in [0.1, 0.15) is 0 Å². The van der Waals surface area contributed by atoms with Gasteiger partial charge < -0.3 is 23.7 Å². The fourth-order valence-corrected chi connectivity index (χ4v) is 0. The van der Waals surface area contributed by atoms with Crippen LogP contribution in [0.2, 0.25) is 0 Å². The van der Waals surface area contributed by atoms with Crippen molar-refractivity contribution in [3.8, 4) is 0 Å². The van der Waals surface area contributed by atoms with Crippen LogP contribution in [0.4, 0.5) is 0 Å². The van der Waals surface area contributed by atoms with Crippen molar-refractivity contribution in [2.45, 2.75) is 0 Å². The predicted octanol–water partition coefficient (Wildman–Crippen LogP) is 1.68. The van der Waals surface area contributed by atoms with Gasteiger partial charge in [0.25, 0.3) is 0 Å². The molecule has 0 rings (SSSR count). The molecular formula is C4H3BrY-2. The fraction of sp³-hybridized carbons (Fsp3) is 0. The number of rotatable bonds is 1. The Balaban J connectivity index is 0. The first-order chi connectivity index (χ1) is 2.27. The number of allylic oxidation sites excluding steroid dienone is 2. The van der Waals surface area contributed by atoms with Crippen LogP contribution in [0, 0.1) is 13.2 Å². The Labute approximate surface area is 71.7 Å². The van der Waals surface area contributed by atoms with Crippen LogP contribution in [0.15, 0.2) is 10.6 Å². The Morgan fingerprint density at radius 3 is 1.83 bits per heavy atom. The van der Waals surface area contributed by atoms with Crippen LogP contribution in [-0.4, -0.2) is 0 Å². The van der Waals surface area contributed by atoms with Crippen molar-refractivity contribution in [3.05, 3.63) is 23.7 Å². The molecule has 0 aromatic rings. The average molecular weight is 220 g/mol. The predicted molar refractivity (Wildman–Crippen MR) is 25.6 cm³/mol. The van der Waals surface area contributed by atoms with Crippen molar-refractivity contribution < 1.29 is 32.7 Å². The Morgan fingerprint density at radius 2 is 1.83 bits per heavy atom. The van der Waals surface area contributed by atoms with E-state index in [1.165, 1.54) is 6.08 Å². The van der Waals surface area contributed by atoms with Crippen LogP contribution in [0.25, 0.3) is 0 Å². The molecule has 0 saturated heterocycles. The summed E-state index contributed by atoms with van der Waals surface area (Å²) in [6.07, 6.45) is 1.28. The summed E-state index contributed by atoms with van der Waals surface area (Å²) in [6.45, 7) is 9.78. The van der Waals surface area contributed by atoms with Gasteiger partial charge in [0.05, 0.1) is 0 Å². The van der Waals surface area contributed by atoms with Gasteiger partial charge in [-0.2, -0.15) is 0 Å². The summed E-state index contributed by atoms with van der Waals surface area (Å²) in [7, 11) is 0. The molecule has 0 fully saturated rings. The second-order valence-corrected chi connectivity index (χ2v) is 1.47. The maximum atomic E-state index is 4.94. The topological polar surface area (TPSA) is 0 Å². The van der Waals surface area contributed by atoms with E-state index in [2.05, 4.69) is 15.9 Å². The van der Waals surface area contributed by atoms with Crippen molar-refractivity contribution in [3.63, 3.8) is 0 Å². The standard InChI is InChI=1S/C4H3Br.Y/c1-3-4(2)5;/h1-3H;/q-2;. The summed E-state index contributed by atoms with van der Waals surface area (Å²) < 4.78 is 0.470. The van der Waals surface area contributed by atoms with E-state index in [0.717, 1.165) is 0 Å². The van der Waals surface area contributed by atoms with Gasteiger partial charge in [0, 0.05) is 32.7 Å². The van der Waals surface area contributed by atoms with Crippen molar-refractivity contribution in [1.29, 1.82) is 0 Å². The molecule has 0 aliphatic carbocycles. The van der Waals surface area contributed by atoms with Gasteiger partial charge in [0.2, 0.25) is 0 Å². The quantitative estimate of drug-likeness (QED) is 0.465. The van der Waals surface area contributed by atoms with Gasteiger partial charge in [-0.1, -0.05) is 0 Å². The van der Waals surface area contributed by atoms with E-state index in [1.807, 2.05) is 0 Å². The van der Waals surface area contributed by atoms with Crippen LogP contribution in [0.5, 0.6) is 0 Å². The van der Waals surface area contributed by atoms with Gasteiger partial charge in [-0.15, -0.1) is 0 Å². The molecule has 0 aliphatic rings. The zero-order valence-electron chi connectivity index (χ0n) is 3.19. The van der Waals surface area contributed by atoms with Crippen LogP contribution in [0.3, 0.4) is 0 Å².